The molecule has 1 aliphatic rings. The van der Waals surface area contributed by atoms with E-state index in [1.165, 1.54) is 4.90 Å². The van der Waals surface area contributed by atoms with Crippen LogP contribution in [0.15, 0.2) is 0 Å². The monoisotopic (exact) mass is 270 g/mol. The van der Waals surface area contributed by atoms with Gasteiger partial charge in [0.2, 0.25) is 5.91 Å². The van der Waals surface area contributed by atoms with Gasteiger partial charge in [0.1, 0.15) is 6.04 Å². The average Bonchev–Trinajstić information content (AvgIpc) is 2.43. The summed E-state index contributed by atoms with van der Waals surface area (Å²) >= 11 is 0. The molecule has 1 saturated heterocycles. The molecule has 0 radical (unpaired) electrons. The second-order valence-corrected chi connectivity index (χ2v) is 5.43. The fourth-order valence-corrected chi connectivity index (χ4v) is 2.67. The number of aliphatic carboxylic acids is 1. The van der Waals surface area contributed by atoms with E-state index in [4.69, 9.17) is 5.73 Å². The average molecular weight is 270 g/mol. The first-order valence-corrected chi connectivity index (χ1v) is 7.30. The highest BCUT2D eigenvalue weighted by Gasteiger charge is 2.37. The van der Waals surface area contributed by atoms with Crippen molar-refractivity contribution < 1.29 is 14.7 Å². The van der Waals surface area contributed by atoms with Gasteiger partial charge in [-0.3, -0.25) is 4.79 Å². The van der Waals surface area contributed by atoms with Gasteiger partial charge < -0.3 is 15.7 Å². The van der Waals surface area contributed by atoms with Gasteiger partial charge in [0.15, 0.2) is 0 Å². The minimum atomic E-state index is -0.908. The van der Waals surface area contributed by atoms with E-state index in [1.54, 1.807) is 0 Å². The molecule has 1 amide bonds. The number of carboxylic acids is 1. The molecule has 2 unspecified atom stereocenters. The SMILES string of the molecule is CCCC[C@H](N)C(=O)N1CCC(CC)CC1C(=O)O. The van der Waals surface area contributed by atoms with Crippen molar-refractivity contribution in [2.24, 2.45) is 11.7 Å². The molecule has 0 aromatic heterocycles. The second kappa shape index (κ2) is 7.48. The summed E-state index contributed by atoms with van der Waals surface area (Å²) in [6, 6.07) is -1.25. The molecular weight excluding hydrogens is 244 g/mol. The zero-order chi connectivity index (χ0) is 14.4. The van der Waals surface area contributed by atoms with Gasteiger partial charge in [-0.05, 0) is 25.2 Å². The Hall–Kier alpha value is -1.10. The largest absolute Gasteiger partial charge is 0.480 e. The number of hydrogen-bond acceptors (Lipinski definition) is 3. The number of carbonyl (C=O) groups excluding carboxylic acids is 1. The maximum atomic E-state index is 12.3. The van der Waals surface area contributed by atoms with E-state index in [9.17, 15) is 14.7 Å². The normalized spacial score (nSPS) is 25.1. The van der Waals surface area contributed by atoms with Gasteiger partial charge in [-0.2, -0.15) is 0 Å². The Morgan fingerprint density at radius 3 is 2.63 bits per heavy atom. The Labute approximate surface area is 115 Å². The molecule has 0 bridgehead atoms. The number of likely N-dealkylation sites (tertiary alicyclic amines) is 1. The van der Waals surface area contributed by atoms with Crippen LogP contribution in [0.5, 0.6) is 0 Å². The third-order valence-electron chi connectivity index (χ3n) is 4.04. The van der Waals surface area contributed by atoms with E-state index in [-0.39, 0.29) is 5.91 Å². The fourth-order valence-electron chi connectivity index (χ4n) is 2.67. The summed E-state index contributed by atoms with van der Waals surface area (Å²) in [5.41, 5.74) is 5.88. The molecule has 0 spiro atoms. The van der Waals surface area contributed by atoms with Crippen molar-refractivity contribution >= 4 is 11.9 Å². The van der Waals surface area contributed by atoms with Gasteiger partial charge in [-0.1, -0.05) is 33.1 Å². The van der Waals surface area contributed by atoms with Crippen LogP contribution in [-0.2, 0) is 9.59 Å². The summed E-state index contributed by atoms with van der Waals surface area (Å²) in [6.45, 7) is 4.63. The van der Waals surface area contributed by atoms with E-state index in [0.717, 1.165) is 25.7 Å². The molecular formula is C14H26N2O3. The number of carboxylic acid groups (broad SMARTS) is 1. The van der Waals surface area contributed by atoms with Crippen LogP contribution in [0.4, 0.5) is 0 Å². The molecule has 3 N–H and O–H groups in total. The van der Waals surface area contributed by atoms with Crippen molar-refractivity contribution in [3.63, 3.8) is 0 Å². The van der Waals surface area contributed by atoms with Crippen LogP contribution in [0.1, 0.15) is 52.4 Å². The van der Waals surface area contributed by atoms with Crippen LogP contribution in [0.25, 0.3) is 0 Å². The lowest BCUT2D eigenvalue weighted by Crippen LogP contribution is -2.54. The number of amides is 1. The lowest BCUT2D eigenvalue weighted by Gasteiger charge is -2.38. The van der Waals surface area contributed by atoms with Gasteiger partial charge in [0.05, 0.1) is 6.04 Å². The van der Waals surface area contributed by atoms with Gasteiger partial charge in [0.25, 0.3) is 0 Å². The smallest absolute Gasteiger partial charge is 0.326 e. The molecule has 1 fully saturated rings. The van der Waals surface area contributed by atoms with Crippen LogP contribution in [-0.4, -0.2) is 40.5 Å². The maximum absolute atomic E-state index is 12.3. The molecule has 1 aliphatic heterocycles. The first kappa shape index (κ1) is 16.0. The highest BCUT2D eigenvalue weighted by atomic mass is 16.4. The van der Waals surface area contributed by atoms with Crippen molar-refractivity contribution in [2.45, 2.75) is 64.5 Å². The van der Waals surface area contributed by atoms with Crippen molar-refractivity contribution in [2.75, 3.05) is 6.54 Å². The Bertz CT molecular complexity index is 320. The van der Waals surface area contributed by atoms with Crippen LogP contribution >= 0.6 is 0 Å². The second-order valence-electron chi connectivity index (χ2n) is 5.43. The van der Waals surface area contributed by atoms with E-state index in [2.05, 4.69) is 6.92 Å². The summed E-state index contributed by atoms with van der Waals surface area (Å²) in [7, 11) is 0. The number of nitrogens with zero attached hydrogens (tertiary/aromatic N) is 1. The fraction of sp³-hybridized carbons (Fsp3) is 0.857. The Kier molecular flexibility index (Phi) is 6.28. The molecule has 19 heavy (non-hydrogen) atoms. The Morgan fingerprint density at radius 2 is 2.11 bits per heavy atom. The summed E-state index contributed by atoms with van der Waals surface area (Å²) in [5, 5.41) is 9.29. The highest BCUT2D eigenvalue weighted by molar-refractivity contribution is 5.87. The zero-order valence-corrected chi connectivity index (χ0v) is 12.0. The quantitative estimate of drug-likeness (QED) is 0.768. The third kappa shape index (κ3) is 4.20. The molecule has 0 aromatic carbocycles. The first-order valence-electron chi connectivity index (χ1n) is 7.30. The third-order valence-corrected chi connectivity index (χ3v) is 4.04. The summed E-state index contributed by atoms with van der Waals surface area (Å²) in [5.74, 6) is -0.707. The number of rotatable bonds is 6. The lowest BCUT2D eigenvalue weighted by atomic mass is 9.88. The van der Waals surface area contributed by atoms with Crippen LogP contribution in [0.2, 0.25) is 0 Å². The molecule has 1 rings (SSSR count). The predicted molar refractivity (Wildman–Crippen MR) is 73.7 cm³/mol. The van der Waals surface area contributed by atoms with Crippen molar-refractivity contribution in [3.8, 4) is 0 Å². The van der Waals surface area contributed by atoms with Crippen molar-refractivity contribution in [3.05, 3.63) is 0 Å². The molecule has 1 heterocycles. The van der Waals surface area contributed by atoms with Crippen LogP contribution in [0.3, 0.4) is 0 Å². The Morgan fingerprint density at radius 1 is 1.42 bits per heavy atom. The minimum absolute atomic E-state index is 0.199. The summed E-state index contributed by atoms with van der Waals surface area (Å²) in [4.78, 5) is 25.1. The van der Waals surface area contributed by atoms with Crippen molar-refractivity contribution in [1.29, 1.82) is 0 Å². The maximum Gasteiger partial charge on any atom is 0.326 e. The standard InChI is InChI=1S/C14H26N2O3/c1-3-5-6-11(15)13(17)16-8-7-10(4-2)9-12(16)14(18)19/h10-12H,3-9,15H2,1-2H3,(H,18,19)/t10?,11-,12?/m0/s1. The topological polar surface area (TPSA) is 83.6 Å². The van der Waals surface area contributed by atoms with Crippen LogP contribution in [0, 0.1) is 5.92 Å². The van der Waals surface area contributed by atoms with Gasteiger partial charge in [-0.15, -0.1) is 0 Å². The summed E-state index contributed by atoms with van der Waals surface area (Å²) < 4.78 is 0. The lowest BCUT2D eigenvalue weighted by molar-refractivity contribution is -0.153. The molecule has 5 nitrogen and oxygen atoms in total. The number of piperidine rings is 1. The van der Waals surface area contributed by atoms with Crippen molar-refractivity contribution in [1.82, 2.24) is 4.90 Å². The number of nitrogens with two attached hydrogens (primary N) is 1. The molecule has 0 aromatic rings. The first-order chi connectivity index (χ1) is 9.01. The van der Waals surface area contributed by atoms with E-state index >= 15 is 0 Å². The Balaban J connectivity index is 2.68. The number of carbonyl (C=O) groups is 2. The van der Waals surface area contributed by atoms with Gasteiger partial charge in [0, 0.05) is 6.54 Å². The molecule has 3 atom stereocenters. The van der Waals surface area contributed by atoms with Crippen LogP contribution < -0.4 is 5.73 Å². The van der Waals surface area contributed by atoms with Gasteiger partial charge in [-0.25, -0.2) is 4.79 Å². The zero-order valence-electron chi connectivity index (χ0n) is 12.0. The highest BCUT2D eigenvalue weighted by Crippen LogP contribution is 2.26. The molecule has 110 valence electrons. The number of hydrogen-bond donors (Lipinski definition) is 2. The summed E-state index contributed by atoms with van der Waals surface area (Å²) in [6.07, 6.45) is 4.92. The van der Waals surface area contributed by atoms with E-state index in [1.807, 2.05) is 6.92 Å². The van der Waals surface area contributed by atoms with E-state index < -0.39 is 18.1 Å². The number of unbranched alkanes of at least 4 members (excludes halogenated alkanes) is 1. The molecule has 5 heteroatoms. The minimum Gasteiger partial charge on any atom is -0.480 e. The van der Waals surface area contributed by atoms with E-state index in [0.29, 0.717) is 25.3 Å². The van der Waals surface area contributed by atoms with Gasteiger partial charge >= 0.3 is 5.97 Å². The predicted octanol–water partition coefficient (Wildman–Crippen LogP) is 1.61. The molecule has 0 aliphatic carbocycles. The molecule has 0 saturated carbocycles.